The van der Waals surface area contributed by atoms with Gasteiger partial charge >= 0.3 is 0 Å². The van der Waals surface area contributed by atoms with Gasteiger partial charge in [0.2, 0.25) is 5.78 Å². The lowest BCUT2D eigenvalue weighted by molar-refractivity contribution is -0.129. The first-order valence-corrected chi connectivity index (χ1v) is 1.72. The highest BCUT2D eigenvalue weighted by Crippen LogP contribution is 1.70. The Balaban J connectivity index is 3.42. The minimum atomic E-state index is -0.539. The van der Waals surface area contributed by atoms with Gasteiger partial charge in [-0.05, 0) is 0 Å². The van der Waals surface area contributed by atoms with Gasteiger partial charge in [0.15, 0.2) is 6.29 Å². The van der Waals surface area contributed by atoms with Crippen molar-refractivity contribution < 1.29 is 9.59 Å². The lowest BCUT2D eigenvalue weighted by Gasteiger charge is -1.71. The molecule has 7 heavy (non-hydrogen) atoms. The van der Waals surface area contributed by atoms with Crippen LogP contribution in [0.4, 0.5) is 0 Å². The van der Waals surface area contributed by atoms with Crippen LogP contribution in [-0.4, -0.2) is 12.1 Å². The fourth-order valence-electron chi connectivity index (χ4n) is 0.142. The summed E-state index contributed by atoms with van der Waals surface area (Å²) in [5.74, 6) is 1.50. The van der Waals surface area contributed by atoms with E-state index in [1.54, 1.807) is 0 Å². The molecule has 0 saturated heterocycles. The normalized spacial score (nSPS) is 6.71. The van der Waals surface area contributed by atoms with E-state index in [4.69, 9.17) is 0 Å². The molecule has 0 aromatic heterocycles. The average molecular weight is 96.1 g/mol. The lowest BCUT2D eigenvalue weighted by Crippen LogP contribution is -1.94. The monoisotopic (exact) mass is 96.0 g/mol. The van der Waals surface area contributed by atoms with Crippen molar-refractivity contribution in [3.05, 3.63) is 0 Å². The van der Waals surface area contributed by atoms with Crippen LogP contribution in [0, 0.1) is 12.3 Å². The van der Waals surface area contributed by atoms with Crippen LogP contribution in [0.25, 0.3) is 0 Å². The SMILES string of the molecule is C#CCC(=O)C=O. The second-order valence-electron chi connectivity index (χ2n) is 0.965. The summed E-state index contributed by atoms with van der Waals surface area (Å²) in [5, 5.41) is 0. The van der Waals surface area contributed by atoms with Crippen LogP contribution in [0.2, 0.25) is 0 Å². The average Bonchev–Trinajstić information content (AvgIpc) is 1.68. The summed E-state index contributed by atoms with van der Waals surface area (Å²) in [6.45, 7) is 0. The fraction of sp³-hybridized carbons (Fsp3) is 0.200. The summed E-state index contributed by atoms with van der Waals surface area (Å²) >= 11 is 0. The minimum Gasteiger partial charge on any atom is -0.295 e. The first kappa shape index (κ1) is 5.90. The van der Waals surface area contributed by atoms with Crippen LogP contribution < -0.4 is 0 Å². The van der Waals surface area contributed by atoms with Gasteiger partial charge in [-0.1, -0.05) is 5.92 Å². The standard InChI is InChI=1S/C5H4O2/c1-2-3-5(7)4-6/h1,4H,3H2. The molecular weight excluding hydrogens is 92.1 g/mol. The van der Waals surface area contributed by atoms with E-state index < -0.39 is 5.78 Å². The van der Waals surface area contributed by atoms with E-state index in [9.17, 15) is 9.59 Å². The Morgan fingerprint density at radius 3 is 2.57 bits per heavy atom. The van der Waals surface area contributed by atoms with E-state index in [1.165, 1.54) is 0 Å². The lowest BCUT2D eigenvalue weighted by atomic mass is 10.3. The zero-order valence-corrected chi connectivity index (χ0v) is 3.68. The Morgan fingerprint density at radius 2 is 2.43 bits per heavy atom. The molecule has 0 atom stereocenters. The third-order valence-corrected chi connectivity index (χ3v) is 0.408. The molecule has 0 spiro atoms. The topological polar surface area (TPSA) is 34.1 Å². The number of rotatable bonds is 2. The zero-order valence-electron chi connectivity index (χ0n) is 3.68. The molecule has 0 bridgehead atoms. The molecule has 0 aliphatic heterocycles. The van der Waals surface area contributed by atoms with Crippen LogP contribution in [-0.2, 0) is 9.59 Å². The molecule has 0 aliphatic carbocycles. The molecule has 0 saturated carbocycles. The van der Waals surface area contributed by atoms with Crippen molar-refractivity contribution in [2.75, 3.05) is 0 Å². The van der Waals surface area contributed by atoms with Crippen LogP contribution in [0.15, 0.2) is 0 Å². The predicted molar refractivity (Wildman–Crippen MR) is 24.5 cm³/mol. The molecule has 0 amide bonds. The summed E-state index contributed by atoms with van der Waals surface area (Å²) in [5.41, 5.74) is 0. The molecule has 0 fully saturated rings. The maximum atomic E-state index is 9.90. The first-order chi connectivity index (χ1) is 3.31. The van der Waals surface area contributed by atoms with Gasteiger partial charge in [0.25, 0.3) is 0 Å². The molecule has 0 aromatic rings. The van der Waals surface area contributed by atoms with E-state index in [0.717, 1.165) is 0 Å². The number of Topliss-reactive ketones (excluding diaryl/α,β-unsaturated/α-hetero) is 1. The first-order valence-electron chi connectivity index (χ1n) is 1.72. The molecule has 0 aromatic carbocycles. The maximum Gasteiger partial charge on any atom is 0.207 e. The van der Waals surface area contributed by atoms with Crippen LogP contribution in [0.1, 0.15) is 6.42 Å². The number of aldehydes is 1. The maximum absolute atomic E-state index is 9.90. The number of hydrogen-bond donors (Lipinski definition) is 0. The van der Waals surface area contributed by atoms with E-state index in [2.05, 4.69) is 6.42 Å². The van der Waals surface area contributed by atoms with Crippen LogP contribution in [0.5, 0.6) is 0 Å². The van der Waals surface area contributed by atoms with Crippen molar-refractivity contribution in [1.82, 2.24) is 0 Å². The van der Waals surface area contributed by atoms with Gasteiger partial charge in [-0.25, -0.2) is 0 Å². The highest BCUT2D eigenvalue weighted by atomic mass is 16.2. The predicted octanol–water partition coefficient (Wildman–Crippen LogP) is -0.222. The van der Waals surface area contributed by atoms with E-state index >= 15 is 0 Å². The van der Waals surface area contributed by atoms with Crippen molar-refractivity contribution in [2.45, 2.75) is 6.42 Å². The quantitative estimate of drug-likeness (QED) is 0.270. The number of carbonyl (C=O) groups is 2. The third kappa shape index (κ3) is 2.71. The Morgan fingerprint density at radius 1 is 1.86 bits per heavy atom. The molecule has 0 unspecified atom stereocenters. The van der Waals surface area contributed by atoms with Crippen molar-refractivity contribution >= 4 is 12.1 Å². The van der Waals surface area contributed by atoms with Gasteiger partial charge < -0.3 is 0 Å². The molecule has 0 N–H and O–H groups in total. The van der Waals surface area contributed by atoms with Crippen molar-refractivity contribution in [3.63, 3.8) is 0 Å². The number of carbonyl (C=O) groups excluding carboxylic acids is 2. The number of hydrogen-bond acceptors (Lipinski definition) is 2. The van der Waals surface area contributed by atoms with Crippen LogP contribution >= 0.6 is 0 Å². The van der Waals surface area contributed by atoms with Crippen LogP contribution in [0.3, 0.4) is 0 Å². The Labute approximate surface area is 41.5 Å². The smallest absolute Gasteiger partial charge is 0.207 e. The van der Waals surface area contributed by atoms with Gasteiger partial charge in [-0.15, -0.1) is 6.42 Å². The third-order valence-electron chi connectivity index (χ3n) is 0.408. The van der Waals surface area contributed by atoms with E-state index in [0.29, 0.717) is 0 Å². The van der Waals surface area contributed by atoms with Gasteiger partial charge in [0.05, 0.1) is 6.42 Å². The molecule has 2 nitrogen and oxygen atoms in total. The molecule has 0 aliphatic rings. The van der Waals surface area contributed by atoms with Crippen molar-refractivity contribution in [2.24, 2.45) is 0 Å². The molecule has 0 radical (unpaired) electrons. The number of ketones is 1. The Hall–Kier alpha value is -1.10. The van der Waals surface area contributed by atoms with Gasteiger partial charge in [-0.3, -0.25) is 9.59 Å². The summed E-state index contributed by atoms with van der Waals surface area (Å²) in [4.78, 5) is 19.4. The summed E-state index contributed by atoms with van der Waals surface area (Å²) in [6.07, 6.45) is 4.82. The van der Waals surface area contributed by atoms with Crippen molar-refractivity contribution in [3.8, 4) is 12.3 Å². The molecule has 2 heteroatoms. The Bertz CT molecular complexity index is 119. The highest BCUT2D eigenvalue weighted by molar-refractivity contribution is 6.25. The summed E-state index contributed by atoms with van der Waals surface area (Å²) in [7, 11) is 0. The van der Waals surface area contributed by atoms with E-state index in [-0.39, 0.29) is 12.7 Å². The van der Waals surface area contributed by atoms with E-state index in [1.807, 2.05) is 5.92 Å². The van der Waals surface area contributed by atoms with Crippen molar-refractivity contribution in [1.29, 1.82) is 0 Å². The largest absolute Gasteiger partial charge is 0.295 e. The van der Waals surface area contributed by atoms with Gasteiger partial charge in [0, 0.05) is 0 Å². The zero-order chi connectivity index (χ0) is 5.70. The summed E-state index contributed by atoms with van der Waals surface area (Å²) < 4.78 is 0. The number of terminal acetylenes is 1. The fourth-order valence-corrected chi connectivity index (χ4v) is 0.142. The van der Waals surface area contributed by atoms with Gasteiger partial charge in [-0.2, -0.15) is 0 Å². The van der Waals surface area contributed by atoms with Gasteiger partial charge in [0.1, 0.15) is 0 Å². The molecule has 0 rings (SSSR count). The minimum absolute atomic E-state index is 0.0799. The molecule has 0 heterocycles. The Kier molecular flexibility index (Phi) is 2.62. The molecular formula is C5H4O2. The summed E-state index contributed by atoms with van der Waals surface area (Å²) in [6, 6.07) is 0. The second kappa shape index (κ2) is 3.10. The second-order valence-corrected chi connectivity index (χ2v) is 0.965. The highest BCUT2D eigenvalue weighted by Gasteiger charge is 1.90. The molecule has 36 valence electrons.